The van der Waals surface area contributed by atoms with E-state index in [1.54, 1.807) is 6.92 Å². The second-order valence-corrected chi connectivity index (χ2v) is 13.2. The van der Waals surface area contributed by atoms with Crippen LogP contribution >= 0.6 is 11.8 Å². The van der Waals surface area contributed by atoms with Crippen molar-refractivity contribution < 1.29 is 43.2 Å². The summed E-state index contributed by atoms with van der Waals surface area (Å²) in [6.07, 6.45) is 0.743. The minimum atomic E-state index is -0.914. The molecule has 2 fully saturated rings. The van der Waals surface area contributed by atoms with Crippen molar-refractivity contribution in [3.8, 4) is 34.8 Å². The smallest absolute Gasteiger partial charge is 0.375 e. The van der Waals surface area contributed by atoms with E-state index >= 15 is 0 Å². The molecule has 0 aromatic heterocycles. The second kappa shape index (κ2) is 10.8. The molecule has 0 amide bonds. The van der Waals surface area contributed by atoms with Gasteiger partial charge in [0.2, 0.25) is 12.6 Å². The first-order chi connectivity index (χ1) is 21.6. The highest BCUT2D eigenvalue weighted by atomic mass is 32.2. The zero-order chi connectivity index (χ0) is 31.9. The molecule has 0 radical (unpaired) electrons. The number of likely N-dealkylation sites (N-methyl/N-ethyl adjacent to an activating group) is 1. The summed E-state index contributed by atoms with van der Waals surface area (Å²) in [6.45, 7) is 4.87. The fourth-order valence-electron chi connectivity index (χ4n) is 8.13. The number of Topliss-reactive ketones (excluding diaryl/α,β-unsaturated/α-hetero) is 1. The number of nitrogens with zero attached hydrogens (tertiary/aromatic N) is 3. The lowest BCUT2D eigenvalue weighted by molar-refractivity contribution is -0.153. The van der Waals surface area contributed by atoms with Crippen LogP contribution in [0.15, 0.2) is 6.07 Å². The average Bonchev–Trinajstić information content (AvgIpc) is 3.48. The number of esters is 2. The maximum atomic E-state index is 13.0. The molecule has 5 heterocycles. The highest BCUT2D eigenvalue weighted by Crippen LogP contribution is 2.64. The van der Waals surface area contributed by atoms with Crippen molar-refractivity contribution in [3.63, 3.8) is 0 Å². The van der Waals surface area contributed by atoms with Crippen LogP contribution in [-0.4, -0.2) is 84.1 Å². The van der Waals surface area contributed by atoms with Gasteiger partial charge in [-0.05, 0) is 38.4 Å². The molecule has 45 heavy (non-hydrogen) atoms. The van der Waals surface area contributed by atoms with Gasteiger partial charge in [-0.15, -0.1) is 11.8 Å². The normalized spacial score (nSPS) is 28.6. The number of phenols is 1. The third kappa shape index (κ3) is 4.22. The highest BCUT2D eigenvalue weighted by molar-refractivity contribution is 8.00. The fraction of sp³-hybridized carbons (Fsp3) is 0.500. The molecule has 7 rings (SSSR count). The van der Waals surface area contributed by atoms with Crippen LogP contribution in [0.4, 0.5) is 0 Å². The average molecular weight is 636 g/mol. The molecule has 5 aliphatic rings. The molecule has 0 aliphatic carbocycles. The number of benzene rings is 2. The van der Waals surface area contributed by atoms with Gasteiger partial charge in [0, 0.05) is 53.7 Å². The number of fused-ring (bicyclic) bond motifs is 9. The summed E-state index contributed by atoms with van der Waals surface area (Å²) < 4.78 is 29.0. The summed E-state index contributed by atoms with van der Waals surface area (Å²) in [5.41, 5.74) is 4.32. The van der Waals surface area contributed by atoms with Crippen LogP contribution in [-0.2, 0) is 25.5 Å². The maximum Gasteiger partial charge on any atom is 0.375 e. The number of aromatic hydroxyl groups is 1. The van der Waals surface area contributed by atoms with Crippen molar-refractivity contribution in [3.05, 3.63) is 39.4 Å². The number of ether oxygens (including phenoxy) is 5. The van der Waals surface area contributed by atoms with Gasteiger partial charge in [0.15, 0.2) is 23.0 Å². The Balaban J connectivity index is 1.57. The number of carbonyl (C=O) groups excluding carboxylic acids is 3. The van der Waals surface area contributed by atoms with Gasteiger partial charge in [0.25, 0.3) is 0 Å². The van der Waals surface area contributed by atoms with Crippen LogP contribution in [0.1, 0.15) is 64.1 Å². The molecule has 6 atom stereocenters. The van der Waals surface area contributed by atoms with Crippen LogP contribution < -0.4 is 18.9 Å². The maximum absolute atomic E-state index is 13.0. The number of hydrogen-bond acceptors (Lipinski definition) is 13. The van der Waals surface area contributed by atoms with Crippen LogP contribution in [0.2, 0.25) is 0 Å². The molecule has 0 unspecified atom stereocenters. The van der Waals surface area contributed by atoms with Crippen molar-refractivity contribution in [2.45, 2.75) is 69.1 Å². The largest absolute Gasteiger partial charge is 0.504 e. The van der Waals surface area contributed by atoms with Crippen molar-refractivity contribution in [2.24, 2.45) is 0 Å². The van der Waals surface area contributed by atoms with Crippen LogP contribution in [0, 0.1) is 25.2 Å². The number of methoxy groups -OCH3 is 1. The molecule has 4 bridgehead atoms. The molecule has 2 aromatic rings. The van der Waals surface area contributed by atoms with Gasteiger partial charge >= 0.3 is 11.9 Å². The minimum Gasteiger partial charge on any atom is -0.504 e. The van der Waals surface area contributed by atoms with Crippen LogP contribution in [0.3, 0.4) is 0 Å². The number of phenolic OH excluding ortho intramolecular Hbond substituents is 1. The standard InChI is InChI=1S/C32H33N3O9S/c1-13-8-16-9-18-19(10-33)35-17-6-7-41-32(39)20(37)11-45-31(25(35)24(34(18)4)21(16)26(38)27(13)40-5)23-22(17)30-29(42-12-43-30)14(2)28(23)44-15(3)36/h8,17-19,24-25,31,38H,6-7,9,11-12H2,1-5H3/t17-,18-,19-,24+,25+,31+/m0/s1. The van der Waals surface area contributed by atoms with Gasteiger partial charge in [0.1, 0.15) is 11.8 Å². The number of aryl methyl sites for hydroxylation is 1. The lowest BCUT2D eigenvalue weighted by atomic mass is 9.71. The number of carbonyl (C=O) groups is 3. The zero-order valence-electron chi connectivity index (χ0n) is 25.5. The molecule has 0 spiro atoms. The van der Waals surface area contributed by atoms with E-state index < -0.39 is 47.1 Å². The zero-order valence-corrected chi connectivity index (χ0v) is 26.4. The number of hydrogen-bond donors (Lipinski definition) is 1. The Morgan fingerprint density at radius 3 is 2.60 bits per heavy atom. The van der Waals surface area contributed by atoms with E-state index in [0.29, 0.717) is 51.7 Å². The highest BCUT2D eigenvalue weighted by Gasteiger charge is 2.60. The van der Waals surface area contributed by atoms with E-state index in [1.165, 1.54) is 25.8 Å². The first kappa shape index (κ1) is 29.7. The van der Waals surface area contributed by atoms with E-state index in [9.17, 15) is 24.8 Å². The lowest BCUT2D eigenvalue weighted by Gasteiger charge is -2.61. The van der Waals surface area contributed by atoms with Gasteiger partial charge < -0.3 is 28.8 Å². The molecule has 0 saturated carbocycles. The topological polar surface area (TPSA) is 148 Å². The third-order valence-corrected chi connectivity index (χ3v) is 11.1. The van der Waals surface area contributed by atoms with Gasteiger partial charge in [-0.25, -0.2) is 4.79 Å². The Morgan fingerprint density at radius 2 is 1.89 bits per heavy atom. The second-order valence-electron chi connectivity index (χ2n) is 12.1. The first-order valence-corrected chi connectivity index (χ1v) is 15.9. The van der Waals surface area contributed by atoms with E-state index in [2.05, 4.69) is 15.9 Å². The Morgan fingerprint density at radius 1 is 1.13 bits per heavy atom. The predicted octanol–water partition coefficient (Wildman–Crippen LogP) is 3.19. The van der Waals surface area contributed by atoms with E-state index in [4.69, 9.17) is 23.7 Å². The molecule has 2 aromatic carbocycles. The molecular weight excluding hydrogens is 602 g/mol. The first-order valence-electron chi connectivity index (χ1n) is 14.8. The molecule has 12 nitrogen and oxygen atoms in total. The predicted molar refractivity (Wildman–Crippen MR) is 160 cm³/mol. The van der Waals surface area contributed by atoms with Crippen LogP contribution in [0.5, 0.6) is 28.7 Å². The Hall–Kier alpha value is -3.99. The molecule has 5 aliphatic heterocycles. The number of rotatable bonds is 2. The minimum absolute atomic E-state index is 0.0326. The monoisotopic (exact) mass is 635 g/mol. The molecule has 236 valence electrons. The molecule has 1 N–H and O–H groups in total. The van der Waals surface area contributed by atoms with Crippen molar-refractivity contribution in [1.82, 2.24) is 9.80 Å². The van der Waals surface area contributed by atoms with Crippen molar-refractivity contribution in [2.75, 3.05) is 33.3 Å². The van der Waals surface area contributed by atoms with Gasteiger partial charge in [0.05, 0.1) is 36.8 Å². The fourth-order valence-corrected chi connectivity index (χ4v) is 9.47. The summed E-state index contributed by atoms with van der Waals surface area (Å²) in [5.74, 6) is -0.686. The summed E-state index contributed by atoms with van der Waals surface area (Å²) in [4.78, 5) is 42.5. The Bertz CT molecular complexity index is 1700. The number of piperazine rings is 1. The van der Waals surface area contributed by atoms with E-state index in [1.807, 2.05) is 20.0 Å². The van der Waals surface area contributed by atoms with Gasteiger partial charge in [-0.3, -0.25) is 19.4 Å². The summed E-state index contributed by atoms with van der Waals surface area (Å²) in [7, 11) is 3.47. The quantitative estimate of drug-likeness (QED) is 0.293. The van der Waals surface area contributed by atoms with Crippen LogP contribution in [0.25, 0.3) is 0 Å². The van der Waals surface area contributed by atoms with E-state index in [0.717, 1.165) is 11.1 Å². The summed E-state index contributed by atoms with van der Waals surface area (Å²) >= 11 is 1.23. The van der Waals surface area contributed by atoms with Crippen molar-refractivity contribution >= 4 is 29.5 Å². The Labute approximate surface area is 264 Å². The molecule has 2 saturated heterocycles. The number of cyclic esters (lactones) is 1. The number of nitriles is 1. The SMILES string of the molecule is COc1c(C)cc2c(c1O)[C@@H]1[C@@H]3[C@@H]4SCC(=O)C(=O)OCC[C@@H](c5c6c(c(C)c(OC(C)=O)c54)OCO6)N3[C@@H](C#N)[C@H](C2)N1C. The van der Waals surface area contributed by atoms with E-state index in [-0.39, 0.29) is 37.4 Å². The van der Waals surface area contributed by atoms with Crippen molar-refractivity contribution in [1.29, 1.82) is 5.26 Å². The van der Waals surface area contributed by atoms with Gasteiger partial charge in [-0.2, -0.15) is 5.26 Å². The summed E-state index contributed by atoms with van der Waals surface area (Å²) in [5, 5.41) is 22.0. The third-order valence-electron chi connectivity index (χ3n) is 9.79. The molecule has 13 heteroatoms. The Kier molecular flexibility index (Phi) is 7.14. The summed E-state index contributed by atoms with van der Waals surface area (Å²) in [6, 6.07) is 2.19. The number of thioether (sulfide) groups is 1. The lowest BCUT2D eigenvalue weighted by Crippen LogP contribution is -2.68. The number of ketones is 1. The molecular formula is C32H33N3O9S. The van der Waals surface area contributed by atoms with Gasteiger partial charge in [-0.1, -0.05) is 6.07 Å².